The number of methoxy groups -OCH3 is 1. The van der Waals surface area contributed by atoms with Crippen molar-refractivity contribution >= 4 is 46.0 Å². The number of thiazole rings is 1. The summed E-state index contributed by atoms with van der Waals surface area (Å²) in [6.45, 7) is 1.80. The van der Waals surface area contributed by atoms with E-state index in [9.17, 15) is 4.79 Å². The topological polar surface area (TPSA) is 68.5 Å². The summed E-state index contributed by atoms with van der Waals surface area (Å²) < 4.78 is 7.44. The maximum absolute atomic E-state index is 12.7. The van der Waals surface area contributed by atoms with E-state index >= 15 is 0 Å². The fourth-order valence-electron chi connectivity index (χ4n) is 3.21. The first kappa shape index (κ1) is 20.1. The number of aryl methyl sites for hydroxylation is 2. The lowest BCUT2D eigenvalue weighted by Crippen LogP contribution is -2.17. The van der Waals surface area contributed by atoms with Gasteiger partial charge < -0.3 is 9.30 Å². The van der Waals surface area contributed by atoms with Crippen molar-refractivity contribution in [3.8, 4) is 16.3 Å². The first-order valence-electron chi connectivity index (χ1n) is 9.16. The maximum atomic E-state index is 12.7. The Morgan fingerprint density at radius 1 is 1.30 bits per heavy atom. The van der Waals surface area contributed by atoms with E-state index in [-0.39, 0.29) is 5.91 Å². The van der Waals surface area contributed by atoms with Gasteiger partial charge in [-0.2, -0.15) is 5.10 Å². The van der Waals surface area contributed by atoms with Gasteiger partial charge in [-0.25, -0.2) is 10.4 Å². The molecule has 4 rings (SSSR count). The van der Waals surface area contributed by atoms with Crippen LogP contribution in [0.5, 0.6) is 5.75 Å². The predicted molar refractivity (Wildman–Crippen MR) is 122 cm³/mol. The van der Waals surface area contributed by atoms with Gasteiger partial charge in [-0.1, -0.05) is 23.7 Å². The number of fused-ring (bicyclic) bond motifs is 1. The number of carbonyl (C=O) groups excluding carboxylic acids is 1. The average molecular weight is 439 g/mol. The second kappa shape index (κ2) is 8.30. The molecule has 2 aromatic heterocycles. The molecule has 4 aromatic rings. The van der Waals surface area contributed by atoms with Gasteiger partial charge in [-0.3, -0.25) is 4.79 Å². The summed E-state index contributed by atoms with van der Waals surface area (Å²) in [5.74, 6) is 0.304. The lowest BCUT2D eigenvalue weighted by atomic mass is 10.1. The smallest absolute Gasteiger partial charge is 0.283 e. The minimum atomic E-state index is -0.305. The molecular formula is C22H19ClN4O2S. The second-order valence-electron chi connectivity index (χ2n) is 6.68. The SMILES string of the molecule is COc1cc(Cl)ccc1-c1nc(C)c(C(=O)N/N=C/c2cccc3c2ccn3C)s1. The number of hydrogen-bond donors (Lipinski definition) is 1. The Labute approximate surface area is 182 Å². The molecule has 152 valence electrons. The Hall–Kier alpha value is -3.16. The summed E-state index contributed by atoms with van der Waals surface area (Å²) >= 11 is 7.32. The molecule has 0 aliphatic heterocycles. The molecule has 1 amide bonds. The quantitative estimate of drug-likeness (QED) is 0.350. The minimum absolute atomic E-state index is 0.305. The van der Waals surface area contributed by atoms with Crippen molar-refractivity contribution in [3.05, 3.63) is 69.8 Å². The zero-order chi connectivity index (χ0) is 21.3. The van der Waals surface area contributed by atoms with Crippen LogP contribution in [0.3, 0.4) is 0 Å². The molecule has 0 saturated heterocycles. The number of carbonyl (C=O) groups is 1. The van der Waals surface area contributed by atoms with E-state index in [0.29, 0.717) is 26.4 Å². The van der Waals surface area contributed by atoms with Crippen LogP contribution in [-0.2, 0) is 7.05 Å². The van der Waals surface area contributed by atoms with E-state index < -0.39 is 0 Å². The molecule has 0 radical (unpaired) electrons. The Balaban J connectivity index is 1.55. The van der Waals surface area contributed by atoms with Crippen molar-refractivity contribution in [1.82, 2.24) is 15.0 Å². The van der Waals surface area contributed by atoms with Crippen LogP contribution >= 0.6 is 22.9 Å². The number of amides is 1. The molecule has 0 spiro atoms. The van der Waals surface area contributed by atoms with E-state index in [2.05, 4.69) is 15.5 Å². The lowest BCUT2D eigenvalue weighted by molar-refractivity contribution is 0.0958. The number of halogens is 1. The van der Waals surface area contributed by atoms with Crippen molar-refractivity contribution in [2.24, 2.45) is 12.1 Å². The second-order valence-corrected chi connectivity index (χ2v) is 8.12. The van der Waals surface area contributed by atoms with Crippen LogP contribution in [0.1, 0.15) is 20.9 Å². The van der Waals surface area contributed by atoms with Gasteiger partial charge in [-0.05, 0) is 37.3 Å². The van der Waals surface area contributed by atoms with Gasteiger partial charge in [0.1, 0.15) is 15.6 Å². The monoisotopic (exact) mass is 438 g/mol. The number of hydrazone groups is 1. The van der Waals surface area contributed by atoms with Crippen LogP contribution in [0.25, 0.3) is 21.5 Å². The third-order valence-corrected chi connectivity index (χ3v) is 6.15. The number of aromatic nitrogens is 2. The van der Waals surface area contributed by atoms with Gasteiger partial charge in [0.25, 0.3) is 5.91 Å². The van der Waals surface area contributed by atoms with Gasteiger partial charge >= 0.3 is 0 Å². The van der Waals surface area contributed by atoms with Crippen molar-refractivity contribution < 1.29 is 9.53 Å². The van der Waals surface area contributed by atoms with Crippen molar-refractivity contribution in [2.45, 2.75) is 6.92 Å². The van der Waals surface area contributed by atoms with Crippen LogP contribution in [0, 0.1) is 6.92 Å². The normalized spacial score (nSPS) is 11.3. The van der Waals surface area contributed by atoms with E-state index in [1.807, 2.05) is 48.1 Å². The molecule has 2 aromatic carbocycles. The highest BCUT2D eigenvalue weighted by Gasteiger charge is 2.18. The Morgan fingerprint density at radius 2 is 2.13 bits per heavy atom. The molecular weight excluding hydrogens is 420 g/mol. The average Bonchev–Trinajstić information content (AvgIpc) is 3.31. The lowest BCUT2D eigenvalue weighted by Gasteiger charge is -2.05. The zero-order valence-electron chi connectivity index (χ0n) is 16.6. The summed E-state index contributed by atoms with van der Waals surface area (Å²) in [4.78, 5) is 17.7. The highest BCUT2D eigenvalue weighted by molar-refractivity contribution is 7.17. The van der Waals surface area contributed by atoms with Gasteiger partial charge in [0.05, 0.1) is 24.6 Å². The number of nitrogens with zero attached hydrogens (tertiary/aromatic N) is 3. The largest absolute Gasteiger partial charge is 0.496 e. The van der Waals surface area contributed by atoms with Crippen LogP contribution in [-0.4, -0.2) is 28.8 Å². The molecule has 0 fully saturated rings. The molecule has 2 heterocycles. The summed E-state index contributed by atoms with van der Waals surface area (Å²) in [5, 5.41) is 6.48. The number of benzene rings is 2. The first-order chi connectivity index (χ1) is 14.5. The molecule has 0 unspecified atom stereocenters. The van der Waals surface area contributed by atoms with Crippen molar-refractivity contribution in [1.29, 1.82) is 0 Å². The fourth-order valence-corrected chi connectivity index (χ4v) is 4.36. The molecule has 0 bridgehead atoms. The van der Waals surface area contributed by atoms with Gasteiger partial charge in [0.2, 0.25) is 0 Å². The van der Waals surface area contributed by atoms with Crippen molar-refractivity contribution in [3.63, 3.8) is 0 Å². The molecule has 1 N–H and O–H groups in total. The van der Waals surface area contributed by atoms with Crippen LogP contribution in [0.4, 0.5) is 0 Å². The van der Waals surface area contributed by atoms with E-state index in [1.165, 1.54) is 11.3 Å². The number of nitrogens with one attached hydrogen (secondary N) is 1. The van der Waals surface area contributed by atoms with E-state index in [1.54, 1.807) is 32.4 Å². The predicted octanol–water partition coefficient (Wildman–Crippen LogP) is 5.04. The van der Waals surface area contributed by atoms with E-state index in [4.69, 9.17) is 16.3 Å². The first-order valence-corrected chi connectivity index (χ1v) is 10.4. The zero-order valence-corrected chi connectivity index (χ0v) is 18.2. The molecule has 0 aliphatic carbocycles. The Morgan fingerprint density at radius 3 is 2.93 bits per heavy atom. The van der Waals surface area contributed by atoms with Gasteiger partial charge in [0.15, 0.2) is 0 Å². The number of rotatable bonds is 5. The Bertz CT molecular complexity index is 1280. The molecule has 0 saturated carbocycles. The van der Waals surface area contributed by atoms with Crippen molar-refractivity contribution in [2.75, 3.05) is 7.11 Å². The molecule has 30 heavy (non-hydrogen) atoms. The summed E-state index contributed by atoms with van der Waals surface area (Å²) in [5.41, 5.74) is 6.05. The fraction of sp³-hybridized carbons (Fsp3) is 0.136. The van der Waals surface area contributed by atoms with Crippen LogP contribution in [0.2, 0.25) is 5.02 Å². The Kier molecular flexibility index (Phi) is 5.57. The van der Waals surface area contributed by atoms with Gasteiger partial charge in [-0.15, -0.1) is 11.3 Å². The third-order valence-electron chi connectivity index (χ3n) is 4.73. The third kappa shape index (κ3) is 3.81. The maximum Gasteiger partial charge on any atom is 0.283 e. The number of ether oxygens (including phenoxy) is 1. The molecule has 6 nitrogen and oxygen atoms in total. The van der Waals surface area contributed by atoms with Crippen LogP contribution in [0.15, 0.2) is 53.8 Å². The summed E-state index contributed by atoms with van der Waals surface area (Å²) in [7, 11) is 3.57. The standard InChI is InChI=1S/C22H19ClN4O2S/c1-13-20(30-22(25-13)17-8-7-15(23)11-19(17)29-3)21(28)26-24-12-14-5-4-6-18-16(14)9-10-27(18)2/h4-12H,1-3H3,(H,26,28)/b24-12+. The van der Waals surface area contributed by atoms with E-state index in [0.717, 1.165) is 22.0 Å². The minimum Gasteiger partial charge on any atom is -0.496 e. The highest BCUT2D eigenvalue weighted by atomic mass is 35.5. The summed E-state index contributed by atoms with van der Waals surface area (Å²) in [6.07, 6.45) is 3.65. The van der Waals surface area contributed by atoms with Crippen LogP contribution < -0.4 is 10.2 Å². The number of hydrogen-bond acceptors (Lipinski definition) is 5. The molecule has 8 heteroatoms. The van der Waals surface area contributed by atoms with Gasteiger partial charge in [0, 0.05) is 34.7 Å². The summed E-state index contributed by atoms with van der Waals surface area (Å²) in [6, 6.07) is 13.3. The molecule has 0 aliphatic rings. The molecule has 0 atom stereocenters. The highest BCUT2D eigenvalue weighted by Crippen LogP contribution is 2.36.